The van der Waals surface area contributed by atoms with E-state index in [1.807, 2.05) is 36.6 Å². The molecule has 1 N–H and O–H groups in total. The van der Waals surface area contributed by atoms with Crippen molar-refractivity contribution in [1.29, 1.82) is 0 Å². The number of hydrogen-bond donors (Lipinski definition) is 1. The van der Waals surface area contributed by atoms with Crippen LogP contribution in [0.5, 0.6) is 0 Å². The highest BCUT2D eigenvalue weighted by Crippen LogP contribution is 2.23. The molecule has 1 fully saturated rings. The zero-order valence-corrected chi connectivity index (χ0v) is 13.4. The second kappa shape index (κ2) is 7.09. The van der Waals surface area contributed by atoms with Crippen LogP contribution in [0.3, 0.4) is 0 Å². The van der Waals surface area contributed by atoms with Crippen LogP contribution in [0.1, 0.15) is 27.2 Å². The van der Waals surface area contributed by atoms with E-state index in [4.69, 9.17) is 9.15 Å². The minimum Gasteiger partial charge on any atom is -0.465 e. The van der Waals surface area contributed by atoms with Crippen molar-refractivity contribution in [2.75, 3.05) is 32.8 Å². The molecule has 0 spiro atoms. The van der Waals surface area contributed by atoms with Gasteiger partial charge in [0.15, 0.2) is 0 Å². The number of rotatable bonds is 5. The summed E-state index contributed by atoms with van der Waals surface area (Å²) in [6.45, 7) is 5.59. The molecule has 1 aliphatic heterocycles. The Hall–Kier alpha value is -1.63. The number of hydrogen-bond acceptors (Lipinski definition) is 5. The van der Waals surface area contributed by atoms with Gasteiger partial charge in [0.1, 0.15) is 11.5 Å². The Bertz CT molecular complexity index is 603. The Kier molecular flexibility index (Phi) is 4.92. The van der Waals surface area contributed by atoms with Gasteiger partial charge in [-0.3, -0.25) is 9.69 Å². The third kappa shape index (κ3) is 3.58. The van der Waals surface area contributed by atoms with E-state index in [-0.39, 0.29) is 11.9 Å². The third-order valence-corrected chi connectivity index (χ3v) is 4.65. The number of carbonyl (C=O) groups excluding carboxylic acids is 1. The van der Waals surface area contributed by atoms with E-state index in [0.717, 1.165) is 42.7 Å². The van der Waals surface area contributed by atoms with Crippen molar-refractivity contribution < 1.29 is 13.9 Å². The van der Waals surface area contributed by atoms with Crippen molar-refractivity contribution in [2.45, 2.75) is 13.0 Å². The van der Waals surface area contributed by atoms with Crippen molar-refractivity contribution in [2.24, 2.45) is 0 Å². The lowest BCUT2D eigenvalue weighted by Gasteiger charge is -2.33. The molecule has 1 saturated heterocycles. The van der Waals surface area contributed by atoms with Gasteiger partial charge in [-0.2, -0.15) is 0 Å². The zero-order valence-electron chi connectivity index (χ0n) is 12.6. The summed E-state index contributed by atoms with van der Waals surface area (Å²) in [5, 5.41) is 4.93. The van der Waals surface area contributed by atoms with Crippen LogP contribution in [-0.2, 0) is 4.74 Å². The maximum absolute atomic E-state index is 12.2. The lowest BCUT2D eigenvalue weighted by atomic mass is 10.1. The Balaban J connectivity index is 1.69. The summed E-state index contributed by atoms with van der Waals surface area (Å²) in [6, 6.07) is 7.72. The zero-order chi connectivity index (χ0) is 15.4. The fourth-order valence-corrected chi connectivity index (χ4v) is 3.26. The molecule has 0 bridgehead atoms. The van der Waals surface area contributed by atoms with Gasteiger partial charge in [0.25, 0.3) is 5.91 Å². The van der Waals surface area contributed by atoms with Crippen LogP contribution in [0.4, 0.5) is 0 Å². The van der Waals surface area contributed by atoms with Gasteiger partial charge in [0.2, 0.25) is 0 Å². The third-order valence-electron chi connectivity index (χ3n) is 3.78. The molecule has 6 heteroatoms. The Morgan fingerprint density at radius 3 is 2.82 bits per heavy atom. The number of furan rings is 1. The van der Waals surface area contributed by atoms with Gasteiger partial charge in [-0.1, -0.05) is 6.07 Å². The van der Waals surface area contributed by atoms with Gasteiger partial charge >= 0.3 is 0 Å². The quantitative estimate of drug-likeness (QED) is 0.919. The molecule has 2 aromatic heterocycles. The summed E-state index contributed by atoms with van der Waals surface area (Å²) >= 11 is 1.45. The van der Waals surface area contributed by atoms with Gasteiger partial charge < -0.3 is 14.5 Å². The van der Waals surface area contributed by atoms with E-state index in [9.17, 15) is 4.79 Å². The molecule has 0 saturated carbocycles. The molecular formula is C16H20N2O3S. The number of aryl methyl sites for hydroxylation is 1. The summed E-state index contributed by atoms with van der Waals surface area (Å²) in [5.74, 6) is 1.75. The van der Waals surface area contributed by atoms with Gasteiger partial charge in [-0.15, -0.1) is 11.3 Å². The Labute approximate surface area is 133 Å². The molecule has 118 valence electrons. The van der Waals surface area contributed by atoms with Crippen LogP contribution in [0, 0.1) is 6.92 Å². The van der Waals surface area contributed by atoms with E-state index >= 15 is 0 Å². The molecule has 1 aliphatic rings. The highest BCUT2D eigenvalue weighted by atomic mass is 32.1. The molecule has 3 rings (SSSR count). The van der Waals surface area contributed by atoms with Crippen LogP contribution in [-0.4, -0.2) is 43.7 Å². The number of nitrogens with one attached hydrogen (secondary N) is 1. The van der Waals surface area contributed by atoms with Crippen LogP contribution >= 0.6 is 11.3 Å². The molecule has 0 radical (unpaired) electrons. The molecule has 5 nitrogen and oxygen atoms in total. The van der Waals surface area contributed by atoms with E-state index in [0.29, 0.717) is 6.54 Å². The van der Waals surface area contributed by atoms with E-state index < -0.39 is 0 Å². The average Bonchev–Trinajstić information content (AvgIpc) is 3.20. The van der Waals surface area contributed by atoms with E-state index in [1.54, 1.807) is 0 Å². The Morgan fingerprint density at radius 1 is 1.36 bits per heavy atom. The topological polar surface area (TPSA) is 54.7 Å². The van der Waals surface area contributed by atoms with Crippen LogP contribution < -0.4 is 5.32 Å². The SMILES string of the molecule is Cc1ccc([C@@H](CNC(=O)c2cccs2)N2CCOCC2)o1. The largest absolute Gasteiger partial charge is 0.465 e. The minimum absolute atomic E-state index is 0.0310. The molecule has 2 aromatic rings. The van der Waals surface area contributed by atoms with Crippen molar-refractivity contribution in [3.63, 3.8) is 0 Å². The van der Waals surface area contributed by atoms with Crippen LogP contribution in [0.2, 0.25) is 0 Å². The fraction of sp³-hybridized carbons (Fsp3) is 0.438. The molecule has 0 aromatic carbocycles. The smallest absolute Gasteiger partial charge is 0.261 e. The number of ether oxygens (including phenoxy) is 1. The first kappa shape index (κ1) is 15.3. The highest BCUT2D eigenvalue weighted by Gasteiger charge is 2.25. The predicted molar refractivity (Wildman–Crippen MR) is 85.2 cm³/mol. The van der Waals surface area contributed by atoms with Crippen LogP contribution in [0.25, 0.3) is 0 Å². The maximum Gasteiger partial charge on any atom is 0.261 e. The lowest BCUT2D eigenvalue weighted by molar-refractivity contribution is 0.0117. The molecule has 0 unspecified atom stereocenters. The first-order valence-electron chi connectivity index (χ1n) is 7.44. The van der Waals surface area contributed by atoms with Gasteiger partial charge in [-0.25, -0.2) is 0 Å². The molecule has 1 amide bonds. The number of nitrogens with zero attached hydrogens (tertiary/aromatic N) is 1. The molecular weight excluding hydrogens is 300 g/mol. The normalized spacial score (nSPS) is 17.3. The lowest BCUT2D eigenvalue weighted by Crippen LogP contribution is -2.43. The molecule has 22 heavy (non-hydrogen) atoms. The Morgan fingerprint density at radius 2 is 2.18 bits per heavy atom. The van der Waals surface area contributed by atoms with Crippen molar-refractivity contribution >= 4 is 17.2 Å². The number of carbonyl (C=O) groups is 1. The molecule has 3 heterocycles. The van der Waals surface area contributed by atoms with E-state index in [2.05, 4.69) is 10.2 Å². The summed E-state index contributed by atoms with van der Waals surface area (Å²) in [4.78, 5) is 15.2. The van der Waals surface area contributed by atoms with Gasteiger partial charge in [0, 0.05) is 19.6 Å². The molecule has 0 aliphatic carbocycles. The summed E-state index contributed by atoms with van der Waals surface area (Å²) in [5.41, 5.74) is 0. The summed E-state index contributed by atoms with van der Waals surface area (Å²) in [7, 11) is 0. The monoisotopic (exact) mass is 320 g/mol. The molecule has 1 atom stereocenters. The van der Waals surface area contributed by atoms with Crippen molar-refractivity contribution in [3.8, 4) is 0 Å². The summed E-state index contributed by atoms with van der Waals surface area (Å²) < 4.78 is 11.2. The maximum atomic E-state index is 12.2. The fourth-order valence-electron chi connectivity index (χ4n) is 2.62. The predicted octanol–water partition coefficient (Wildman–Crippen LogP) is 2.45. The summed E-state index contributed by atoms with van der Waals surface area (Å²) in [6.07, 6.45) is 0. The van der Waals surface area contributed by atoms with Crippen LogP contribution in [0.15, 0.2) is 34.1 Å². The minimum atomic E-state index is -0.0310. The number of amides is 1. The first-order valence-corrected chi connectivity index (χ1v) is 8.32. The first-order chi connectivity index (χ1) is 10.7. The van der Waals surface area contributed by atoms with E-state index in [1.165, 1.54) is 11.3 Å². The van der Waals surface area contributed by atoms with Gasteiger partial charge in [0.05, 0.1) is 24.1 Å². The second-order valence-electron chi connectivity index (χ2n) is 5.30. The van der Waals surface area contributed by atoms with Gasteiger partial charge in [-0.05, 0) is 30.5 Å². The standard InChI is InChI=1S/C16H20N2O3S/c1-12-4-5-14(21-12)13(18-6-8-20-9-7-18)11-17-16(19)15-3-2-10-22-15/h2-5,10,13H,6-9,11H2,1H3,(H,17,19)/t13-/m1/s1. The highest BCUT2D eigenvalue weighted by molar-refractivity contribution is 7.12. The average molecular weight is 320 g/mol. The van der Waals surface area contributed by atoms with Crippen molar-refractivity contribution in [1.82, 2.24) is 10.2 Å². The number of thiophene rings is 1. The second-order valence-corrected chi connectivity index (χ2v) is 6.25. The van der Waals surface area contributed by atoms with Crippen molar-refractivity contribution in [3.05, 3.63) is 46.0 Å². The number of morpholine rings is 1.